The third-order valence-electron chi connectivity index (χ3n) is 5.38. The van der Waals surface area contributed by atoms with Crippen molar-refractivity contribution in [2.45, 2.75) is 31.3 Å². The van der Waals surface area contributed by atoms with Crippen LogP contribution in [0.2, 0.25) is 0 Å². The molecule has 0 aliphatic carbocycles. The van der Waals surface area contributed by atoms with Crippen LogP contribution in [0.5, 0.6) is 0 Å². The highest BCUT2D eigenvalue weighted by Crippen LogP contribution is 2.36. The molecule has 0 aromatic carbocycles. The van der Waals surface area contributed by atoms with Gasteiger partial charge < -0.3 is 14.5 Å². The molecular weight excluding hydrogens is 292 g/mol. The van der Waals surface area contributed by atoms with Crippen LogP contribution in [0.1, 0.15) is 36.2 Å². The Hall–Kier alpha value is -1.53. The third kappa shape index (κ3) is 3.10. The second kappa shape index (κ2) is 6.17. The molecule has 23 heavy (non-hydrogen) atoms. The van der Waals surface area contributed by atoms with Crippen molar-refractivity contribution in [1.82, 2.24) is 19.8 Å². The van der Waals surface area contributed by atoms with Crippen LogP contribution < -0.4 is 0 Å². The highest BCUT2D eigenvalue weighted by Gasteiger charge is 2.48. The van der Waals surface area contributed by atoms with Gasteiger partial charge in [0.25, 0.3) is 5.91 Å². The smallest absolute Gasteiger partial charge is 0.274 e. The van der Waals surface area contributed by atoms with E-state index in [2.05, 4.69) is 14.9 Å². The van der Waals surface area contributed by atoms with Crippen molar-refractivity contribution in [2.24, 2.45) is 5.92 Å². The first kappa shape index (κ1) is 15.0. The molecule has 3 saturated heterocycles. The largest absolute Gasteiger partial charge is 0.371 e. The van der Waals surface area contributed by atoms with Crippen LogP contribution in [-0.4, -0.2) is 70.6 Å². The lowest BCUT2D eigenvalue weighted by molar-refractivity contribution is -0.168. The third-order valence-corrected chi connectivity index (χ3v) is 5.38. The lowest BCUT2D eigenvalue weighted by atomic mass is 9.82. The first-order valence-electron chi connectivity index (χ1n) is 8.66. The summed E-state index contributed by atoms with van der Waals surface area (Å²) in [6.45, 7) is 5.91. The maximum atomic E-state index is 12.3. The molecule has 0 bridgehead atoms. The number of ether oxygens (including phenoxy) is 1. The summed E-state index contributed by atoms with van der Waals surface area (Å²) < 4.78 is 6.18. The second-order valence-corrected chi connectivity index (χ2v) is 7.16. The molecule has 3 aliphatic heterocycles. The first-order valence-corrected chi connectivity index (χ1v) is 8.66. The predicted octanol–water partition coefficient (Wildman–Crippen LogP) is 1.19. The lowest BCUT2D eigenvalue weighted by Gasteiger charge is -2.52. The fourth-order valence-corrected chi connectivity index (χ4v) is 4.01. The van der Waals surface area contributed by atoms with Gasteiger partial charge >= 0.3 is 0 Å². The Kier molecular flexibility index (Phi) is 4.03. The highest BCUT2D eigenvalue weighted by molar-refractivity contribution is 5.92. The van der Waals surface area contributed by atoms with Crippen LogP contribution in [0.25, 0.3) is 0 Å². The fourth-order valence-electron chi connectivity index (χ4n) is 4.01. The Labute approximate surface area is 136 Å². The van der Waals surface area contributed by atoms with Crippen molar-refractivity contribution in [2.75, 3.05) is 39.3 Å². The van der Waals surface area contributed by atoms with Crippen molar-refractivity contribution >= 4 is 5.91 Å². The summed E-state index contributed by atoms with van der Waals surface area (Å²) in [6.07, 6.45) is 9.64. The fraction of sp³-hybridized carbons (Fsp3) is 0.706. The molecule has 124 valence electrons. The van der Waals surface area contributed by atoms with Gasteiger partial charge in [-0.1, -0.05) is 0 Å². The molecule has 6 nitrogen and oxygen atoms in total. The number of hydrogen-bond donors (Lipinski definition) is 0. The number of hydrogen-bond acceptors (Lipinski definition) is 5. The molecule has 0 radical (unpaired) electrons. The molecule has 1 aromatic heterocycles. The molecule has 1 amide bonds. The average molecular weight is 316 g/mol. The van der Waals surface area contributed by atoms with Crippen LogP contribution >= 0.6 is 0 Å². The monoisotopic (exact) mass is 316 g/mol. The summed E-state index contributed by atoms with van der Waals surface area (Å²) in [5.74, 6) is 0.620. The minimum Gasteiger partial charge on any atom is -0.371 e. The molecule has 6 heteroatoms. The first-order chi connectivity index (χ1) is 11.2. The molecular formula is C17H24N4O2. The number of carbonyl (C=O) groups is 1. The SMILES string of the molecule is O=C(c1cnccn1)N1CC2(CC[C@H](CN3CCCC3)CO2)C1. The Morgan fingerprint density at radius 2 is 2.13 bits per heavy atom. The van der Waals surface area contributed by atoms with E-state index in [1.165, 1.54) is 45.1 Å². The zero-order chi connectivity index (χ0) is 15.7. The van der Waals surface area contributed by atoms with Gasteiger partial charge in [-0.15, -0.1) is 0 Å². The molecule has 3 fully saturated rings. The van der Waals surface area contributed by atoms with E-state index in [0.29, 0.717) is 24.7 Å². The van der Waals surface area contributed by atoms with Crippen molar-refractivity contribution in [3.8, 4) is 0 Å². The van der Waals surface area contributed by atoms with Gasteiger partial charge in [0.1, 0.15) is 11.3 Å². The quantitative estimate of drug-likeness (QED) is 0.838. The van der Waals surface area contributed by atoms with Crippen molar-refractivity contribution in [3.63, 3.8) is 0 Å². The van der Waals surface area contributed by atoms with Crippen molar-refractivity contribution in [3.05, 3.63) is 24.3 Å². The molecule has 1 atom stereocenters. The topological polar surface area (TPSA) is 58.6 Å². The minimum atomic E-state index is -0.0978. The zero-order valence-electron chi connectivity index (χ0n) is 13.5. The number of nitrogens with zero attached hydrogens (tertiary/aromatic N) is 4. The van der Waals surface area contributed by atoms with E-state index in [0.717, 1.165) is 13.0 Å². The van der Waals surface area contributed by atoms with Crippen LogP contribution in [0, 0.1) is 5.92 Å². The molecule has 4 rings (SSSR count). The summed E-state index contributed by atoms with van der Waals surface area (Å²) in [5, 5.41) is 0. The molecule has 1 spiro atoms. The molecule has 1 aromatic rings. The number of amides is 1. The maximum Gasteiger partial charge on any atom is 0.274 e. The van der Waals surface area contributed by atoms with Gasteiger partial charge in [-0.2, -0.15) is 0 Å². The van der Waals surface area contributed by atoms with E-state index < -0.39 is 0 Å². The number of likely N-dealkylation sites (tertiary alicyclic amines) is 2. The standard InChI is InChI=1S/C17H24N4O2/c22-16(15-9-18-5-6-19-15)21-12-17(13-21)4-3-14(11-23-17)10-20-7-1-2-8-20/h5-6,9,14H,1-4,7-8,10-13H2/t14-/m1/s1. The molecule has 0 unspecified atom stereocenters. The Morgan fingerprint density at radius 1 is 1.30 bits per heavy atom. The Balaban J connectivity index is 1.26. The normalized spacial score (nSPS) is 27.1. The summed E-state index contributed by atoms with van der Waals surface area (Å²) in [5.41, 5.74) is 0.324. The zero-order valence-corrected chi connectivity index (χ0v) is 13.5. The highest BCUT2D eigenvalue weighted by atomic mass is 16.5. The molecule has 0 N–H and O–H groups in total. The van der Waals surface area contributed by atoms with Crippen molar-refractivity contribution in [1.29, 1.82) is 0 Å². The predicted molar refractivity (Wildman–Crippen MR) is 85.0 cm³/mol. The summed E-state index contributed by atoms with van der Waals surface area (Å²) in [4.78, 5) is 24.7. The average Bonchev–Trinajstić information content (AvgIpc) is 3.07. The number of aromatic nitrogens is 2. The minimum absolute atomic E-state index is 0.0356. The summed E-state index contributed by atoms with van der Waals surface area (Å²) in [7, 11) is 0. The van der Waals surface area contributed by atoms with Gasteiger partial charge in [-0.05, 0) is 44.7 Å². The Bertz CT molecular complexity index is 543. The van der Waals surface area contributed by atoms with Gasteiger partial charge in [0.15, 0.2) is 0 Å². The summed E-state index contributed by atoms with van der Waals surface area (Å²) in [6, 6.07) is 0. The molecule has 4 heterocycles. The Morgan fingerprint density at radius 3 is 2.78 bits per heavy atom. The maximum absolute atomic E-state index is 12.3. The van der Waals surface area contributed by atoms with E-state index in [1.54, 1.807) is 12.4 Å². The molecule has 3 aliphatic rings. The van der Waals surface area contributed by atoms with E-state index in [1.807, 2.05) is 4.90 Å². The number of rotatable bonds is 3. The number of carbonyl (C=O) groups excluding carboxylic acids is 1. The van der Waals surface area contributed by atoms with E-state index in [4.69, 9.17) is 4.74 Å². The van der Waals surface area contributed by atoms with E-state index in [9.17, 15) is 4.79 Å². The van der Waals surface area contributed by atoms with Gasteiger partial charge in [0, 0.05) is 18.9 Å². The lowest BCUT2D eigenvalue weighted by Crippen LogP contribution is -2.66. The van der Waals surface area contributed by atoms with Crippen LogP contribution in [0.15, 0.2) is 18.6 Å². The van der Waals surface area contributed by atoms with E-state index in [-0.39, 0.29) is 11.5 Å². The van der Waals surface area contributed by atoms with Crippen LogP contribution in [0.3, 0.4) is 0 Å². The second-order valence-electron chi connectivity index (χ2n) is 7.16. The van der Waals surface area contributed by atoms with Gasteiger partial charge in [-0.3, -0.25) is 9.78 Å². The van der Waals surface area contributed by atoms with Gasteiger partial charge in [0.05, 0.1) is 25.9 Å². The van der Waals surface area contributed by atoms with Gasteiger partial charge in [-0.25, -0.2) is 4.98 Å². The van der Waals surface area contributed by atoms with Crippen LogP contribution in [-0.2, 0) is 4.74 Å². The molecule has 0 saturated carbocycles. The van der Waals surface area contributed by atoms with Crippen molar-refractivity contribution < 1.29 is 9.53 Å². The van der Waals surface area contributed by atoms with Crippen LogP contribution in [0.4, 0.5) is 0 Å². The summed E-state index contributed by atoms with van der Waals surface area (Å²) >= 11 is 0. The van der Waals surface area contributed by atoms with Gasteiger partial charge in [0.2, 0.25) is 0 Å². The van der Waals surface area contributed by atoms with E-state index >= 15 is 0 Å².